The standard InChI is InChI=1S/C13H18FNO2S/c1-9-4-5-12(14)11(8-9)13(16)15-7-6-10(2)18(3)17/h4-5,8,10H,6-7H2,1-3H3,(H,15,16). The van der Waals surface area contributed by atoms with E-state index >= 15 is 0 Å². The second-order valence-corrected chi connectivity index (χ2v) is 6.14. The van der Waals surface area contributed by atoms with Crippen LogP contribution in [0.2, 0.25) is 0 Å². The van der Waals surface area contributed by atoms with E-state index in [2.05, 4.69) is 5.32 Å². The highest BCUT2D eigenvalue weighted by molar-refractivity contribution is 7.84. The van der Waals surface area contributed by atoms with E-state index in [0.717, 1.165) is 5.56 Å². The highest BCUT2D eigenvalue weighted by atomic mass is 32.2. The number of carbonyl (C=O) groups is 1. The van der Waals surface area contributed by atoms with Gasteiger partial charge in [0.25, 0.3) is 5.91 Å². The van der Waals surface area contributed by atoms with Gasteiger partial charge in [-0.15, -0.1) is 0 Å². The molecule has 0 aliphatic heterocycles. The average Bonchev–Trinajstić information content (AvgIpc) is 2.31. The molecule has 0 saturated carbocycles. The molecule has 0 aliphatic rings. The van der Waals surface area contributed by atoms with Crippen LogP contribution in [0.15, 0.2) is 18.2 Å². The lowest BCUT2D eigenvalue weighted by molar-refractivity contribution is 0.0949. The molecule has 18 heavy (non-hydrogen) atoms. The Kier molecular flexibility index (Phi) is 5.47. The van der Waals surface area contributed by atoms with Crippen LogP contribution >= 0.6 is 0 Å². The number of hydrogen-bond acceptors (Lipinski definition) is 2. The summed E-state index contributed by atoms with van der Waals surface area (Å²) in [6.07, 6.45) is 2.25. The van der Waals surface area contributed by atoms with Gasteiger partial charge in [0.1, 0.15) is 5.82 Å². The molecule has 2 atom stereocenters. The van der Waals surface area contributed by atoms with Gasteiger partial charge in [-0.05, 0) is 25.5 Å². The van der Waals surface area contributed by atoms with Gasteiger partial charge in [0.2, 0.25) is 0 Å². The summed E-state index contributed by atoms with van der Waals surface area (Å²) in [6.45, 7) is 4.06. The summed E-state index contributed by atoms with van der Waals surface area (Å²) in [5.74, 6) is -0.949. The van der Waals surface area contributed by atoms with E-state index in [4.69, 9.17) is 0 Å². The Morgan fingerprint density at radius 2 is 2.17 bits per heavy atom. The van der Waals surface area contributed by atoms with E-state index in [-0.39, 0.29) is 10.8 Å². The molecule has 0 saturated heterocycles. The zero-order valence-electron chi connectivity index (χ0n) is 10.8. The van der Waals surface area contributed by atoms with Gasteiger partial charge in [0, 0.05) is 28.9 Å². The topological polar surface area (TPSA) is 46.2 Å². The molecule has 1 rings (SSSR count). The van der Waals surface area contributed by atoms with Crippen LogP contribution in [0.5, 0.6) is 0 Å². The van der Waals surface area contributed by atoms with Gasteiger partial charge >= 0.3 is 0 Å². The first-order valence-electron chi connectivity index (χ1n) is 5.78. The molecule has 0 spiro atoms. The van der Waals surface area contributed by atoms with Gasteiger partial charge in [-0.2, -0.15) is 0 Å². The summed E-state index contributed by atoms with van der Waals surface area (Å²) in [4.78, 5) is 11.7. The molecule has 5 heteroatoms. The lowest BCUT2D eigenvalue weighted by atomic mass is 10.1. The SMILES string of the molecule is Cc1ccc(F)c(C(=O)NCCC(C)S(C)=O)c1. The van der Waals surface area contributed by atoms with Gasteiger partial charge in [0.15, 0.2) is 0 Å². The summed E-state index contributed by atoms with van der Waals surface area (Å²) in [5, 5.41) is 2.66. The Morgan fingerprint density at radius 3 is 2.78 bits per heavy atom. The first-order chi connectivity index (χ1) is 8.41. The molecule has 0 aliphatic carbocycles. The van der Waals surface area contributed by atoms with Crippen molar-refractivity contribution in [2.45, 2.75) is 25.5 Å². The Hall–Kier alpha value is -1.23. The van der Waals surface area contributed by atoms with Crippen LogP contribution in [0, 0.1) is 12.7 Å². The summed E-state index contributed by atoms with van der Waals surface area (Å²) >= 11 is 0. The fraction of sp³-hybridized carbons (Fsp3) is 0.462. The minimum atomic E-state index is -0.903. The average molecular weight is 271 g/mol. The summed E-state index contributed by atoms with van der Waals surface area (Å²) in [6, 6.07) is 4.43. The number of hydrogen-bond donors (Lipinski definition) is 1. The van der Waals surface area contributed by atoms with Gasteiger partial charge < -0.3 is 5.32 Å². The molecule has 1 aromatic carbocycles. The molecule has 0 fully saturated rings. The molecule has 1 N–H and O–H groups in total. The lowest BCUT2D eigenvalue weighted by Gasteiger charge is -2.10. The third kappa shape index (κ3) is 4.22. The van der Waals surface area contributed by atoms with Crippen LogP contribution in [-0.4, -0.2) is 28.2 Å². The largest absolute Gasteiger partial charge is 0.352 e. The normalized spacial score (nSPS) is 14.0. The minimum absolute atomic E-state index is 0.0210. The van der Waals surface area contributed by atoms with Gasteiger partial charge in [-0.3, -0.25) is 9.00 Å². The highest BCUT2D eigenvalue weighted by Crippen LogP contribution is 2.09. The smallest absolute Gasteiger partial charge is 0.254 e. The zero-order chi connectivity index (χ0) is 13.7. The minimum Gasteiger partial charge on any atom is -0.352 e. The molecular formula is C13H18FNO2S. The first kappa shape index (κ1) is 14.8. The highest BCUT2D eigenvalue weighted by Gasteiger charge is 2.12. The molecule has 0 aromatic heterocycles. The fourth-order valence-electron chi connectivity index (χ4n) is 1.46. The fourth-order valence-corrected chi connectivity index (χ4v) is 1.91. The Morgan fingerprint density at radius 1 is 1.50 bits per heavy atom. The molecule has 3 nitrogen and oxygen atoms in total. The van der Waals surface area contributed by atoms with Gasteiger partial charge in [-0.25, -0.2) is 4.39 Å². The molecule has 0 radical (unpaired) electrons. The molecule has 1 amide bonds. The Bertz CT molecular complexity index is 462. The van der Waals surface area contributed by atoms with Crippen LogP contribution < -0.4 is 5.32 Å². The van der Waals surface area contributed by atoms with Crippen molar-refractivity contribution >= 4 is 16.7 Å². The summed E-state index contributed by atoms with van der Waals surface area (Å²) < 4.78 is 24.6. The van der Waals surface area contributed by atoms with E-state index in [0.29, 0.717) is 13.0 Å². The first-order valence-corrected chi connectivity index (χ1v) is 7.40. The van der Waals surface area contributed by atoms with Crippen molar-refractivity contribution < 1.29 is 13.4 Å². The van der Waals surface area contributed by atoms with E-state index in [1.807, 2.05) is 6.92 Å². The van der Waals surface area contributed by atoms with Crippen molar-refractivity contribution in [3.05, 3.63) is 35.1 Å². The second-order valence-electron chi connectivity index (χ2n) is 4.34. The van der Waals surface area contributed by atoms with Crippen molar-refractivity contribution in [1.82, 2.24) is 5.32 Å². The summed E-state index contributed by atoms with van der Waals surface area (Å²) in [5.41, 5.74) is 0.893. The summed E-state index contributed by atoms with van der Waals surface area (Å²) in [7, 11) is -0.903. The third-order valence-corrected chi connectivity index (χ3v) is 4.14. The van der Waals surface area contributed by atoms with E-state index in [1.165, 1.54) is 12.1 Å². The molecular weight excluding hydrogens is 253 g/mol. The van der Waals surface area contributed by atoms with Crippen molar-refractivity contribution in [1.29, 1.82) is 0 Å². The van der Waals surface area contributed by atoms with Crippen molar-refractivity contribution in [2.75, 3.05) is 12.8 Å². The molecule has 0 heterocycles. The second kappa shape index (κ2) is 6.64. The van der Waals surface area contributed by atoms with Crippen LogP contribution in [0.3, 0.4) is 0 Å². The number of nitrogens with one attached hydrogen (secondary N) is 1. The number of carbonyl (C=O) groups excluding carboxylic acids is 1. The lowest BCUT2D eigenvalue weighted by Crippen LogP contribution is -2.28. The number of rotatable bonds is 5. The van der Waals surface area contributed by atoms with Gasteiger partial charge in [-0.1, -0.05) is 18.6 Å². The maximum atomic E-state index is 13.4. The number of aryl methyl sites for hydroxylation is 1. The van der Waals surface area contributed by atoms with Crippen molar-refractivity contribution in [3.63, 3.8) is 0 Å². The quantitative estimate of drug-likeness (QED) is 0.890. The Balaban J connectivity index is 2.55. The molecule has 2 unspecified atom stereocenters. The maximum Gasteiger partial charge on any atom is 0.254 e. The predicted octanol–water partition coefficient (Wildman–Crippen LogP) is 2.02. The van der Waals surface area contributed by atoms with Crippen molar-refractivity contribution in [3.8, 4) is 0 Å². The van der Waals surface area contributed by atoms with Crippen molar-refractivity contribution in [2.24, 2.45) is 0 Å². The number of amides is 1. The molecule has 1 aromatic rings. The van der Waals surface area contributed by atoms with Crippen LogP contribution in [0.4, 0.5) is 4.39 Å². The third-order valence-electron chi connectivity index (χ3n) is 2.77. The molecule has 100 valence electrons. The zero-order valence-corrected chi connectivity index (χ0v) is 11.6. The van der Waals surface area contributed by atoms with Gasteiger partial charge in [0.05, 0.1) is 5.56 Å². The van der Waals surface area contributed by atoms with E-state index < -0.39 is 22.5 Å². The van der Waals surface area contributed by atoms with E-state index in [1.54, 1.807) is 19.2 Å². The predicted molar refractivity (Wildman–Crippen MR) is 71.6 cm³/mol. The maximum absolute atomic E-state index is 13.4. The Labute approximate surface area is 109 Å². The number of benzene rings is 1. The van der Waals surface area contributed by atoms with Crippen LogP contribution in [0.1, 0.15) is 29.3 Å². The van der Waals surface area contributed by atoms with E-state index in [9.17, 15) is 13.4 Å². The van der Waals surface area contributed by atoms with Crippen LogP contribution in [-0.2, 0) is 10.8 Å². The number of halogens is 1. The molecule has 0 bridgehead atoms. The van der Waals surface area contributed by atoms with Crippen LogP contribution in [0.25, 0.3) is 0 Å². The monoisotopic (exact) mass is 271 g/mol.